The van der Waals surface area contributed by atoms with Crippen LogP contribution in [0.5, 0.6) is 0 Å². The van der Waals surface area contributed by atoms with Crippen LogP contribution in [-0.4, -0.2) is 43.8 Å². The van der Waals surface area contributed by atoms with Gasteiger partial charge in [-0.1, -0.05) is 83.9 Å². The Morgan fingerprint density at radius 3 is 2.07 bits per heavy atom. The standard InChI is InChI=1S/C32H37Cl2N3O4S/c1-22-9-14-27(15-10-22)37(42(40,41)28-16-11-23(2)12-17-28)21-31(38)36(20-25-13-18-29(33)30(34)19-25)24(3)32(39)35-26-7-5-4-6-8-26/h9-19,24,26H,4-8,20-21H2,1-3H3,(H,35,39)/t24-/m1/s1. The van der Waals surface area contributed by atoms with E-state index in [1.165, 1.54) is 17.0 Å². The monoisotopic (exact) mass is 629 g/mol. The lowest BCUT2D eigenvalue weighted by Gasteiger charge is -2.33. The minimum absolute atomic E-state index is 0.0429. The predicted octanol–water partition coefficient (Wildman–Crippen LogP) is 6.67. The number of nitrogens with zero attached hydrogens (tertiary/aromatic N) is 2. The Balaban J connectivity index is 1.68. The van der Waals surface area contributed by atoms with Gasteiger partial charge in [-0.15, -0.1) is 0 Å². The molecule has 1 saturated carbocycles. The first-order valence-corrected chi connectivity index (χ1v) is 16.3. The molecule has 7 nitrogen and oxygen atoms in total. The number of benzene rings is 3. The van der Waals surface area contributed by atoms with E-state index in [0.717, 1.165) is 47.5 Å². The minimum atomic E-state index is -4.12. The number of hydrogen-bond acceptors (Lipinski definition) is 4. The Kier molecular flexibility index (Phi) is 10.6. The van der Waals surface area contributed by atoms with Crippen molar-refractivity contribution in [2.24, 2.45) is 0 Å². The lowest BCUT2D eigenvalue weighted by atomic mass is 9.95. The number of carbonyl (C=O) groups is 2. The number of amides is 2. The highest BCUT2D eigenvalue weighted by Crippen LogP contribution is 2.27. The zero-order valence-electron chi connectivity index (χ0n) is 24.1. The van der Waals surface area contributed by atoms with Gasteiger partial charge in [0.25, 0.3) is 10.0 Å². The molecule has 0 bridgehead atoms. The van der Waals surface area contributed by atoms with Crippen molar-refractivity contribution < 1.29 is 18.0 Å². The maximum atomic E-state index is 14.1. The van der Waals surface area contributed by atoms with Gasteiger partial charge in [-0.2, -0.15) is 0 Å². The highest BCUT2D eigenvalue weighted by molar-refractivity contribution is 7.92. The molecule has 42 heavy (non-hydrogen) atoms. The largest absolute Gasteiger partial charge is 0.352 e. The molecule has 1 fully saturated rings. The molecule has 0 radical (unpaired) electrons. The first kappa shape index (κ1) is 31.9. The van der Waals surface area contributed by atoms with Crippen LogP contribution in [0.4, 0.5) is 5.69 Å². The summed E-state index contributed by atoms with van der Waals surface area (Å²) in [6.07, 6.45) is 5.04. The van der Waals surface area contributed by atoms with Gasteiger partial charge in [-0.05, 0) is 75.6 Å². The van der Waals surface area contributed by atoms with E-state index in [9.17, 15) is 18.0 Å². The maximum absolute atomic E-state index is 14.1. The van der Waals surface area contributed by atoms with Crippen molar-refractivity contribution in [2.75, 3.05) is 10.8 Å². The van der Waals surface area contributed by atoms with Crippen LogP contribution in [0.2, 0.25) is 10.0 Å². The van der Waals surface area contributed by atoms with E-state index in [1.807, 2.05) is 13.8 Å². The number of hydrogen-bond donors (Lipinski definition) is 1. The molecule has 224 valence electrons. The third-order valence-electron chi connectivity index (χ3n) is 7.67. The van der Waals surface area contributed by atoms with E-state index < -0.39 is 28.5 Å². The molecule has 0 unspecified atom stereocenters. The smallest absolute Gasteiger partial charge is 0.264 e. The first-order valence-electron chi connectivity index (χ1n) is 14.2. The zero-order chi connectivity index (χ0) is 30.4. The number of sulfonamides is 1. The second-order valence-electron chi connectivity index (χ2n) is 10.9. The Bertz CT molecular complexity index is 1510. The predicted molar refractivity (Wildman–Crippen MR) is 168 cm³/mol. The van der Waals surface area contributed by atoms with Crippen molar-refractivity contribution in [3.63, 3.8) is 0 Å². The number of carbonyl (C=O) groups excluding carboxylic acids is 2. The summed E-state index contributed by atoms with van der Waals surface area (Å²) in [7, 11) is -4.12. The fourth-order valence-corrected chi connectivity index (χ4v) is 6.80. The number of halogens is 2. The second-order valence-corrected chi connectivity index (χ2v) is 13.6. The lowest BCUT2D eigenvalue weighted by Crippen LogP contribution is -2.53. The topological polar surface area (TPSA) is 86.8 Å². The molecule has 0 heterocycles. The van der Waals surface area contributed by atoms with E-state index in [4.69, 9.17) is 23.2 Å². The maximum Gasteiger partial charge on any atom is 0.264 e. The Morgan fingerprint density at radius 1 is 0.881 bits per heavy atom. The molecule has 1 N–H and O–H groups in total. The van der Waals surface area contributed by atoms with Crippen LogP contribution in [0.1, 0.15) is 55.7 Å². The zero-order valence-corrected chi connectivity index (χ0v) is 26.5. The summed E-state index contributed by atoms with van der Waals surface area (Å²) in [6, 6.07) is 17.7. The molecule has 2 amide bonds. The van der Waals surface area contributed by atoms with Gasteiger partial charge in [0.15, 0.2) is 0 Å². The number of anilines is 1. The van der Waals surface area contributed by atoms with Crippen molar-refractivity contribution in [1.82, 2.24) is 10.2 Å². The van der Waals surface area contributed by atoms with Gasteiger partial charge >= 0.3 is 0 Å². The molecule has 0 saturated heterocycles. The Morgan fingerprint density at radius 2 is 1.48 bits per heavy atom. The highest BCUT2D eigenvalue weighted by atomic mass is 35.5. The number of aryl methyl sites for hydroxylation is 2. The SMILES string of the molecule is Cc1ccc(N(CC(=O)N(Cc2ccc(Cl)c(Cl)c2)[C@H](C)C(=O)NC2CCCCC2)S(=O)(=O)c2ccc(C)cc2)cc1. The van der Waals surface area contributed by atoms with Gasteiger partial charge in [0.2, 0.25) is 11.8 Å². The van der Waals surface area contributed by atoms with Gasteiger partial charge in [-0.25, -0.2) is 8.42 Å². The fraction of sp³-hybridized carbons (Fsp3) is 0.375. The summed E-state index contributed by atoms with van der Waals surface area (Å²) in [4.78, 5) is 29.0. The summed E-state index contributed by atoms with van der Waals surface area (Å²) in [6.45, 7) is 4.98. The molecule has 0 spiro atoms. The van der Waals surface area contributed by atoms with Crippen LogP contribution < -0.4 is 9.62 Å². The number of nitrogens with one attached hydrogen (secondary N) is 1. The Hall–Kier alpha value is -3.07. The van der Waals surface area contributed by atoms with Crippen LogP contribution >= 0.6 is 23.2 Å². The summed E-state index contributed by atoms with van der Waals surface area (Å²) < 4.78 is 29.0. The average Bonchev–Trinajstić information content (AvgIpc) is 2.97. The molecule has 0 aromatic heterocycles. The van der Waals surface area contributed by atoms with Gasteiger partial charge in [0.05, 0.1) is 20.6 Å². The molecule has 3 aromatic carbocycles. The molecule has 10 heteroatoms. The van der Waals surface area contributed by atoms with E-state index in [1.54, 1.807) is 61.5 Å². The summed E-state index contributed by atoms with van der Waals surface area (Å²) in [5.41, 5.74) is 2.88. The summed E-state index contributed by atoms with van der Waals surface area (Å²) in [5.74, 6) is -0.804. The Labute approximate surface area is 258 Å². The molecule has 1 atom stereocenters. The molecule has 4 rings (SSSR count). The van der Waals surface area contributed by atoms with E-state index in [0.29, 0.717) is 21.3 Å². The summed E-state index contributed by atoms with van der Waals surface area (Å²) >= 11 is 12.4. The van der Waals surface area contributed by atoms with Gasteiger partial charge < -0.3 is 10.2 Å². The normalized spacial score (nSPS) is 14.7. The fourth-order valence-electron chi connectivity index (χ4n) is 5.06. The van der Waals surface area contributed by atoms with Crippen molar-refractivity contribution >= 4 is 50.7 Å². The number of rotatable bonds is 10. The van der Waals surface area contributed by atoms with E-state index in [2.05, 4.69) is 5.32 Å². The molecule has 0 aliphatic heterocycles. The molecule has 1 aliphatic rings. The van der Waals surface area contributed by atoms with E-state index >= 15 is 0 Å². The van der Waals surface area contributed by atoms with Gasteiger partial charge in [0, 0.05) is 12.6 Å². The van der Waals surface area contributed by atoms with Crippen LogP contribution in [0.25, 0.3) is 0 Å². The third-order valence-corrected chi connectivity index (χ3v) is 10.2. The van der Waals surface area contributed by atoms with Crippen molar-refractivity contribution in [1.29, 1.82) is 0 Å². The third kappa shape index (κ3) is 7.85. The molecular formula is C32H37Cl2N3O4S. The lowest BCUT2D eigenvalue weighted by molar-refractivity contribution is -0.139. The average molecular weight is 631 g/mol. The van der Waals surface area contributed by atoms with Crippen LogP contribution in [0.3, 0.4) is 0 Å². The minimum Gasteiger partial charge on any atom is -0.352 e. The van der Waals surface area contributed by atoms with Crippen LogP contribution in [0, 0.1) is 13.8 Å². The van der Waals surface area contributed by atoms with Crippen molar-refractivity contribution in [3.8, 4) is 0 Å². The molecule has 1 aliphatic carbocycles. The quantitative estimate of drug-likeness (QED) is 0.271. The van der Waals surface area contributed by atoms with Gasteiger partial charge in [-0.3, -0.25) is 13.9 Å². The van der Waals surface area contributed by atoms with Crippen LogP contribution in [0.15, 0.2) is 71.6 Å². The first-order chi connectivity index (χ1) is 20.0. The van der Waals surface area contributed by atoms with Gasteiger partial charge in [0.1, 0.15) is 12.6 Å². The molecular weight excluding hydrogens is 593 g/mol. The molecule has 3 aromatic rings. The second kappa shape index (κ2) is 13.9. The highest BCUT2D eigenvalue weighted by Gasteiger charge is 2.33. The summed E-state index contributed by atoms with van der Waals surface area (Å²) in [5, 5.41) is 3.80. The van der Waals surface area contributed by atoms with Crippen LogP contribution in [-0.2, 0) is 26.2 Å². The van der Waals surface area contributed by atoms with E-state index in [-0.39, 0.29) is 23.4 Å². The van der Waals surface area contributed by atoms with Crippen molar-refractivity contribution in [3.05, 3.63) is 93.5 Å². The van der Waals surface area contributed by atoms with Crippen molar-refractivity contribution in [2.45, 2.75) is 76.4 Å².